The van der Waals surface area contributed by atoms with E-state index in [-0.39, 0.29) is 18.3 Å². The molecule has 0 amide bonds. The van der Waals surface area contributed by atoms with Crippen molar-refractivity contribution in [1.29, 1.82) is 5.26 Å². The molecule has 0 bridgehead atoms. The molecule has 45 heavy (non-hydrogen) atoms. The van der Waals surface area contributed by atoms with E-state index in [1.165, 1.54) is 23.5 Å². The number of likely N-dealkylation sites (tertiary alicyclic amines) is 1. The Hall–Kier alpha value is -4.73. The minimum absolute atomic E-state index is 0.0671. The number of carboxylic acid groups (broad SMARTS) is 1. The van der Waals surface area contributed by atoms with Gasteiger partial charge in [-0.25, -0.2) is 24.3 Å². The summed E-state index contributed by atoms with van der Waals surface area (Å²) in [5, 5.41) is 19.5. The zero-order valence-electron chi connectivity index (χ0n) is 25.7. The molecule has 10 nitrogen and oxygen atoms in total. The number of aromatic nitrogens is 5. The Morgan fingerprint density at radius 3 is 2.36 bits per heavy atom. The van der Waals surface area contributed by atoms with E-state index < -0.39 is 5.97 Å². The number of aliphatic carboxylic acids is 1. The molecule has 5 heterocycles. The van der Waals surface area contributed by atoms with Crippen molar-refractivity contribution in [3.8, 4) is 28.5 Å². The molecule has 1 fully saturated rings. The van der Waals surface area contributed by atoms with Crippen LogP contribution in [0.2, 0.25) is 0 Å². The number of aryl methyl sites for hydroxylation is 1. The SMILES string of the molecule is CC.CCc1nc2ccc(-c3cnc(C4CCN(CC(=O)O)CC4)nc3)cn2c1N(C)c1nc(-c2ccc(F)cc2)c(C#N)s1. The molecule has 0 spiro atoms. The minimum Gasteiger partial charge on any atom is -0.480 e. The molecule has 5 aromatic rings. The second-order valence-corrected chi connectivity index (χ2v) is 11.5. The van der Waals surface area contributed by atoms with Gasteiger partial charge in [0.05, 0.1) is 12.2 Å². The second-order valence-electron chi connectivity index (χ2n) is 10.5. The Kier molecular flexibility index (Phi) is 9.80. The number of pyridine rings is 1. The van der Waals surface area contributed by atoms with Crippen LogP contribution < -0.4 is 4.90 Å². The predicted molar refractivity (Wildman–Crippen MR) is 173 cm³/mol. The van der Waals surface area contributed by atoms with Crippen molar-refractivity contribution < 1.29 is 14.3 Å². The fourth-order valence-electron chi connectivity index (χ4n) is 5.50. The Bertz CT molecular complexity index is 1820. The minimum atomic E-state index is -0.803. The number of hydrogen-bond donors (Lipinski definition) is 1. The van der Waals surface area contributed by atoms with E-state index in [9.17, 15) is 14.4 Å². The van der Waals surface area contributed by atoms with Crippen molar-refractivity contribution in [3.63, 3.8) is 0 Å². The quantitative estimate of drug-likeness (QED) is 0.204. The van der Waals surface area contributed by atoms with Crippen molar-refractivity contribution in [2.24, 2.45) is 0 Å². The van der Waals surface area contributed by atoms with Gasteiger partial charge in [0, 0.05) is 48.2 Å². The van der Waals surface area contributed by atoms with E-state index in [2.05, 4.69) is 16.0 Å². The van der Waals surface area contributed by atoms with Crippen LogP contribution in [0.1, 0.15) is 55.9 Å². The molecule has 0 aliphatic carbocycles. The van der Waals surface area contributed by atoms with Gasteiger partial charge in [-0.3, -0.25) is 14.1 Å². The number of rotatable bonds is 8. The van der Waals surface area contributed by atoms with Gasteiger partial charge in [-0.1, -0.05) is 32.1 Å². The number of thiazole rings is 1. The Morgan fingerprint density at radius 2 is 1.73 bits per heavy atom. The summed E-state index contributed by atoms with van der Waals surface area (Å²) >= 11 is 1.28. The molecule has 0 atom stereocenters. The molecular weight excluding hydrogens is 591 g/mol. The van der Waals surface area contributed by atoms with E-state index in [1.54, 1.807) is 12.1 Å². The van der Waals surface area contributed by atoms with E-state index >= 15 is 0 Å². The maximum absolute atomic E-state index is 13.5. The van der Waals surface area contributed by atoms with Crippen LogP contribution in [0.15, 0.2) is 55.0 Å². The molecule has 6 rings (SSSR count). The highest BCUT2D eigenvalue weighted by Gasteiger charge is 2.25. The highest BCUT2D eigenvalue weighted by Crippen LogP contribution is 2.37. The number of halogens is 1. The van der Waals surface area contributed by atoms with Crippen LogP contribution in [-0.4, -0.2) is 67.0 Å². The summed E-state index contributed by atoms with van der Waals surface area (Å²) in [6.45, 7) is 7.55. The van der Waals surface area contributed by atoms with Gasteiger partial charge in [0.15, 0.2) is 5.13 Å². The second kappa shape index (κ2) is 13.9. The van der Waals surface area contributed by atoms with Crippen LogP contribution in [0.5, 0.6) is 0 Å². The number of nitriles is 1. The first-order valence-electron chi connectivity index (χ1n) is 15.0. The first kappa shape index (κ1) is 31.7. The number of anilines is 2. The molecule has 1 N–H and O–H groups in total. The molecule has 4 aromatic heterocycles. The normalized spacial score (nSPS) is 13.7. The standard InChI is InChI=1S/C31H29FN8O2S.C2H6/c1-3-24-30(38(2)31-37-28(25(14-33)43-31)19-4-7-23(32)8-5-19)40-17-21(6-9-26(40)36-24)22-15-34-29(35-16-22)20-10-12-39(13-11-20)18-27(41)42;1-2/h4-9,15-17,20H,3,10-13,18H2,1-2H3,(H,41,42);1-2H3. The van der Waals surface area contributed by atoms with Gasteiger partial charge in [-0.05, 0) is 68.8 Å². The number of hydrogen-bond acceptors (Lipinski definition) is 9. The van der Waals surface area contributed by atoms with Gasteiger partial charge in [0.2, 0.25) is 0 Å². The first-order chi connectivity index (χ1) is 21.8. The third-order valence-electron chi connectivity index (χ3n) is 7.75. The smallest absolute Gasteiger partial charge is 0.317 e. The van der Waals surface area contributed by atoms with Gasteiger partial charge in [-0.2, -0.15) is 5.26 Å². The molecule has 1 aromatic carbocycles. The average molecular weight is 627 g/mol. The van der Waals surface area contributed by atoms with Crippen LogP contribution in [0.25, 0.3) is 28.0 Å². The molecule has 12 heteroatoms. The Balaban J connectivity index is 0.00000196. The molecule has 1 aliphatic heterocycles. The van der Waals surface area contributed by atoms with Crippen molar-refractivity contribution in [2.45, 2.75) is 46.0 Å². The lowest BCUT2D eigenvalue weighted by Crippen LogP contribution is -2.37. The number of imidazole rings is 1. The van der Waals surface area contributed by atoms with Crippen LogP contribution in [0, 0.1) is 17.1 Å². The molecule has 1 aliphatic rings. The number of benzene rings is 1. The van der Waals surface area contributed by atoms with Gasteiger partial charge in [0.1, 0.15) is 39.7 Å². The largest absolute Gasteiger partial charge is 0.480 e. The van der Waals surface area contributed by atoms with E-state index in [0.29, 0.717) is 27.7 Å². The van der Waals surface area contributed by atoms with E-state index in [0.717, 1.165) is 60.0 Å². The van der Waals surface area contributed by atoms with Gasteiger partial charge in [-0.15, -0.1) is 0 Å². The van der Waals surface area contributed by atoms with Crippen molar-refractivity contribution >= 4 is 33.9 Å². The lowest BCUT2D eigenvalue weighted by Gasteiger charge is -2.29. The molecule has 0 unspecified atom stereocenters. The van der Waals surface area contributed by atoms with Crippen molar-refractivity contribution in [2.75, 3.05) is 31.6 Å². The molecule has 0 radical (unpaired) electrons. The molecular formula is C33H35FN8O2S. The molecule has 232 valence electrons. The third kappa shape index (κ3) is 6.69. The number of carbonyl (C=O) groups is 1. The lowest BCUT2D eigenvalue weighted by atomic mass is 9.96. The highest BCUT2D eigenvalue weighted by atomic mass is 32.1. The summed E-state index contributed by atoms with van der Waals surface area (Å²) in [7, 11) is 1.91. The predicted octanol–water partition coefficient (Wildman–Crippen LogP) is 6.55. The zero-order chi connectivity index (χ0) is 32.1. The molecule has 1 saturated heterocycles. The number of carboxylic acids is 1. The Labute approximate surface area is 265 Å². The van der Waals surface area contributed by atoms with E-state index in [4.69, 9.17) is 15.1 Å². The Morgan fingerprint density at radius 1 is 1.07 bits per heavy atom. The van der Waals surface area contributed by atoms with Gasteiger partial charge in [0.25, 0.3) is 0 Å². The number of fused-ring (bicyclic) bond motifs is 1. The number of piperidine rings is 1. The summed E-state index contributed by atoms with van der Waals surface area (Å²) < 4.78 is 15.5. The van der Waals surface area contributed by atoms with Crippen LogP contribution in [-0.2, 0) is 11.2 Å². The third-order valence-corrected chi connectivity index (χ3v) is 8.79. The van der Waals surface area contributed by atoms with Crippen LogP contribution in [0.3, 0.4) is 0 Å². The summed E-state index contributed by atoms with van der Waals surface area (Å²) in [6, 6.07) is 12.2. The zero-order valence-corrected chi connectivity index (χ0v) is 26.6. The van der Waals surface area contributed by atoms with Gasteiger partial charge >= 0.3 is 5.97 Å². The summed E-state index contributed by atoms with van der Waals surface area (Å²) in [6.07, 6.45) is 8.04. The maximum atomic E-state index is 13.5. The summed E-state index contributed by atoms with van der Waals surface area (Å²) in [5.74, 6) is 0.683. The fraction of sp³-hybridized carbons (Fsp3) is 0.333. The topological polar surface area (TPSA) is 124 Å². The highest BCUT2D eigenvalue weighted by molar-refractivity contribution is 7.16. The van der Waals surface area contributed by atoms with Crippen LogP contribution >= 0.6 is 11.3 Å². The van der Waals surface area contributed by atoms with Crippen molar-refractivity contribution in [1.82, 2.24) is 29.2 Å². The van der Waals surface area contributed by atoms with Crippen LogP contribution in [0.4, 0.5) is 15.3 Å². The lowest BCUT2D eigenvalue weighted by molar-refractivity contribution is -0.138. The van der Waals surface area contributed by atoms with Crippen molar-refractivity contribution in [3.05, 3.63) is 77.2 Å². The monoisotopic (exact) mass is 626 g/mol. The van der Waals surface area contributed by atoms with Gasteiger partial charge < -0.3 is 10.0 Å². The molecule has 0 saturated carbocycles. The number of nitrogens with zero attached hydrogens (tertiary/aromatic N) is 8. The fourth-order valence-corrected chi connectivity index (χ4v) is 6.35. The summed E-state index contributed by atoms with van der Waals surface area (Å²) in [5.41, 5.74) is 4.66. The van der Waals surface area contributed by atoms with E-state index in [1.807, 2.05) is 72.7 Å². The maximum Gasteiger partial charge on any atom is 0.317 e. The average Bonchev–Trinajstić information content (AvgIpc) is 3.67. The summed E-state index contributed by atoms with van der Waals surface area (Å²) in [4.78, 5) is 34.3. The first-order valence-corrected chi connectivity index (χ1v) is 15.8.